The van der Waals surface area contributed by atoms with E-state index >= 15 is 0 Å². The highest BCUT2D eigenvalue weighted by Gasteiger charge is 2.20. The van der Waals surface area contributed by atoms with Crippen LogP contribution < -0.4 is 10.2 Å². The SMILES string of the molecule is CC(C)(C)CCNc1cccnc1N1CCC(O)CC1. The van der Waals surface area contributed by atoms with Gasteiger partial charge in [-0.05, 0) is 36.8 Å². The van der Waals surface area contributed by atoms with Crippen LogP contribution in [0.1, 0.15) is 40.0 Å². The summed E-state index contributed by atoms with van der Waals surface area (Å²) in [7, 11) is 0. The van der Waals surface area contributed by atoms with Gasteiger partial charge in [-0.1, -0.05) is 20.8 Å². The van der Waals surface area contributed by atoms with Crippen molar-refractivity contribution in [3.63, 3.8) is 0 Å². The second kappa shape index (κ2) is 6.44. The van der Waals surface area contributed by atoms with Crippen LogP contribution in [0.5, 0.6) is 0 Å². The molecule has 1 saturated heterocycles. The number of nitrogens with one attached hydrogen (secondary N) is 1. The largest absolute Gasteiger partial charge is 0.393 e. The Morgan fingerprint density at radius 2 is 2.05 bits per heavy atom. The van der Waals surface area contributed by atoms with Crippen molar-refractivity contribution in [2.45, 2.75) is 46.1 Å². The van der Waals surface area contributed by atoms with Crippen molar-refractivity contribution in [3.05, 3.63) is 18.3 Å². The Kier molecular flexibility index (Phi) is 4.86. The number of aromatic nitrogens is 1. The Balaban J connectivity index is 1.99. The summed E-state index contributed by atoms with van der Waals surface area (Å²) in [5.74, 6) is 1.02. The highest BCUT2D eigenvalue weighted by molar-refractivity contribution is 5.65. The predicted octanol–water partition coefficient (Wildman–Crippen LogP) is 2.89. The number of aliphatic hydroxyl groups excluding tert-OH is 1. The molecule has 4 heteroatoms. The first-order valence-corrected chi connectivity index (χ1v) is 7.58. The molecule has 0 aromatic carbocycles. The molecule has 4 nitrogen and oxygen atoms in total. The summed E-state index contributed by atoms with van der Waals surface area (Å²) in [5, 5.41) is 13.1. The molecule has 0 aliphatic carbocycles. The maximum absolute atomic E-state index is 9.61. The fourth-order valence-electron chi connectivity index (χ4n) is 2.44. The van der Waals surface area contributed by atoms with Gasteiger partial charge in [-0.3, -0.25) is 0 Å². The molecular weight excluding hydrogens is 250 g/mol. The topological polar surface area (TPSA) is 48.4 Å². The summed E-state index contributed by atoms with van der Waals surface area (Å²) in [4.78, 5) is 6.79. The Hall–Kier alpha value is -1.29. The molecule has 0 radical (unpaired) electrons. The van der Waals surface area contributed by atoms with E-state index in [-0.39, 0.29) is 6.10 Å². The average molecular weight is 277 g/mol. The number of hydrogen-bond donors (Lipinski definition) is 2. The third-order valence-electron chi connectivity index (χ3n) is 3.74. The minimum Gasteiger partial charge on any atom is -0.393 e. The van der Waals surface area contributed by atoms with E-state index in [1.807, 2.05) is 12.3 Å². The first-order valence-electron chi connectivity index (χ1n) is 7.58. The molecule has 2 heterocycles. The zero-order valence-corrected chi connectivity index (χ0v) is 12.9. The van der Waals surface area contributed by atoms with E-state index < -0.39 is 0 Å². The van der Waals surface area contributed by atoms with E-state index in [1.165, 1.54) is 0 Å². The first kappa shape index (κ1) is 15.1. The number of rotatable bonds is 4. The van der Waals surface area contributed by atoms with E-state index in [2.05, 4.69) is 42.0 Å². The lowest BCUT2D eigenvalue weighted by molar-refractivity contribution is 0.145. The van der Waals surface area contributed by atoms with Gasteiger partial charge in [-0.15, -0.1) is 0 Å². The summed E-state index contributed by atoms with van der Waals surface area (Å²) < 4.78 is 0. The van der Waals surface area contributed by atoms with Crippen LogP contribution in [0.25, 0.3) is 0 Å². The van der Waals surface area contributed by atoms with Crippen molar-refractivity contribution in [3.8, 4) is 0 Å². The average Bonchev–Trinajstić information content (AvgIpc) is 2.39. The number of anilines is 2. The zero-order chi connectivity index (χ0) is 14.6. The van der Waals surface area contributed by atoms with Gasteiger partial charge in [0.05, 0.1) is 11.8 Å². The molecule has 2 N–H and O–H groups in total. The van der Waals surface area contributed by atoms with E-state index in [4.69, 9.17) is 0 Å². The smallest absolute Gasteiger partial charge is 0.151 e. The number of aliphatic hydroxyl groups is 1. The van der Waals surface area contributed by atoms with Crippen molar-refractivity contribution < 1.29 is 5.11 Å². The van der Waals surface area contributed by atoms with Crippen LogP contribution in [0.4, 0.5) is 11.5 Å². The van der Waals surface area contributed by atoms with Gasteiger partial charge in [-0.25, -0.2) is 4.98 Å². The van der Waals surface area contributed by atoms with Crippen LogP contribution in [0, 0.1) is 5.41 Å². The molecule has 0 amide bonds. The van der Waals surface area contributed by atoms with Gasteiger partial charge in [0.1, 0.15) is 0 Å². The van der Waals surface area contributed by atoms with Crippen LogP contribution in [0.15, 0.2) is 18.3 Å². The van der Waals surface area contributed by atoms with Crippen molar-refractivity contribution in [1.82, 2.24) is 4.98 Å². The van der Waals surface area contributed by atoms with Gasteiger partial charge in [0.25, 0.3) is 0 Å². The summed E-state index contributed by atoms with van der Waals surface area (Å²) in [6, 6.07) is 4.07. The van der Waals surface area contributed by atoms with Crippen molar-refractivity contribution in [2.75, 3.05) is 29.9 Å². The summed E-state index contributed by atoms with van der Waals surface area (Å²) >= 11 is 0. The standard InChI is InChI=1S/C16H27N3O/c1-16(2,3)8-10-17-14-5-4-9-18-15(14)19-11-6-13(20)7-12-19/h4-5,9,13,17,20H,6-8,10-12H2,1-3H3. The maximum Gasteiger partial charge on any atom is 0.151 e. The lowest BCUT2D eigenvalue weighted by Crippen LogP contribution is -2.36. The Bertz CT molecular complexity index is 420. The van der Waals surface area contributed by atoms with E-state index in [0.717, 1.165) is 50.4 Å². The Morgan fingerprint density at radius 1 is 1.35 bits per heavy atom. The minimum absolute atomic E-state index is 0.146. The van der Waals surface area contributed by atoms with Gasteiger partial charge in [-0.2, -0.15) is 0 Å². The molecule has 20 heavy (non-hydrogen) atoms. The molecule has 0 bridgehead atoms. The molecule has 1 aliphatic rings. The fraction of sp³-hybridized carbons (Fsp3) is 0.688. The van der Waals surface area contributed by atoms with Crippen LogP contribution in [-0.4, -0.2) is 35.8 Å². The molecule has 1 fully saturated rings. The third kappa shape index (κ3) is 4.37. The van der Waals surface area contributed by atoms with Gasteiger partial charge in [0.15, 0.2) is 5.82 Å². The van der Waals surface area contributed by atoms with Gasteiger partial charge in [0, 0.05) is 25.8 Å². The minimum atomic E-state index is -0.146. The maximum atomic E-state index is 9.61. The van der Waals surface area contributed by atoms with Crippen molar-refractivity contribution >= 4 is 11.5 Å². The lowest BCUT2D eigenvalue weighted by Gasteiger charge is -2.32. The van der Waals surface area contributed by atoms with Crippen LogP contribution in [0.3, 0.4) is 0 Å². The van der Waals surface area contributed by atoms with Crippen molar-refractivity contribution in [2.24, 2.45) is 5.41 Å². The quantitative estimate of drug-likeness (QED) is 0.888. The highest BCUT2D eigenvalue weighted by atomic mass is 16.3. The van der Waals surface area contributed by atoms with Crippen LogP contribution in [0.2, 0.25) is 0 Å². The molecule has 0 atom stereocenters. The summed E-state index contributed by atoms with van der Waals surface area (Å²) in [6.45, 7) is 9.48. The number of pyridine rings is 1. The molecule has 1 aromatic rings. The molecule has 0 unspecified atom stereocenters. The molecule has 2 rings (SSSR count). The molecule has 1 aliphatic heterocycles. The fourth-order valence-corrected chi connectivity index (χ4v) is 2.44. The van der Waals surface area contributed by atoms with E-state index in [9.17, 15) is 5.11 Å². The molecular formula is C16H27N3O. The Labute approximate surface area is 122 Å². The Morgan fingerprint density at radius 3 is 2.70 bits per heavy atom. The summed E-state index contributed by atoms with van der Waals surface area (Å²) in [5.41, 5.74) is 1.44. The monoisotopic (exact) mass is 277 g/mol. The molecule has 0 saturated carbocycles. The van der Waals surface area contributed by atoms with Gasteiger partial charge in [0.2, 0.25) is 0 Å². The number of nitrogens with zero attached hydrogens (tertiary/aromatic N) is 2. The van der Waals surface area contributed by atoms with E-state index in [0.29, 0.717) is 5.41 Å². The molecule has 1 aromatic heterocycles. The molecule has 0 spiro atoms. The zero-order valence-electron chi connectivity index (χ0n) is 12.9. The second-order valence-corrected chi connectivity index (χ2v) is 6.83. The van der Waals surface area contributed by atoms with Gasteiger partial charge < -0.3 is 15.3 Å². The highest BCUT2D eigenvalue weighted by Crippen LogP contribution is 2.26. The number of hydrogen-bond acceptors (Lipinski definition) is 4. The second-order valence-electron chi connectivity index (χ2n) is 6.83. The van der Waals surface area contributed by atoms with Crippen molar-refractivity contribution in [1.29, 1.82) is 0 Å². The molecule has 112 valence electrons. The van der Waals surface area contributed by atoms with Gasteiger partial charge >= 0.3 is 0 Å². The van der Waals surface area contributed by atoms with E-state index in [1.54, 1.807) is 0 Å². The number of piperidine rings is 1. The van der Waals surface area contributed by atoms with Crippen LogP contribution >= 0.6 is 0 Å². The first-order chi connectivity index (χ1) is 9.46. The normalized spacial score (nSPS) is 17.3. The predicted molar refractivity (Wildman–Crippen MR) is 84.3 cm³/mol. The van der Waals surface area contributed by atoms with Crippen LogP contribution in [-0.2, 0) is 0 Å². The summed E-state index contributed by atoms with van der Waals surface area (Å²) in [6.07, 6.45) is 4.48. The third-order valence-corrected chi connectivity index (χ3v) is 3.74. The lowest BCUT2D eigenvalue weighted by atomic mass is 9.92.